The highest BCUT2D eigenvalue weighted by Crippen LogP contribution is 2.17. The molecule has 23 heavy (non-hydrogen) atoms. The van der Waals surface area contributed by atoms with Crippen LogP contribution < -0.4 is 4.90 Å². The van der Waals surface area contributed by atoms with Gasteiger partial charge in [-0.15, -0.1) is 0 Å². The largest absolute Gasteiger partial charge is 0.378 e. The molecule has 0 aromatic heterocycles. The Morgan fingerprint density at radius 1 is 0.870 bits per heavy atom. The Labute approximate surface area is 146 Å². The number of ether oxygens (including phenoxy) is 1. The van der Waals surface area contributed by atoms with E-state index in [1.54, 1.807) is 0 Å². The third-order valence-electron chi connectivity index (χ3n) is 3.81. The highest BCUT2D eigenvalue weighted by molar-refractivity contribution is 9.10. The molecular weight excluding hydrogens is 350 g/mol. The minimum atomic E-state index is 0.821. The summed E-state index contributed by atoms with van der Waals surface area (Å²) < 4.78 is 6.49. The number of hydrogen-bond acceptors (Lipinski definition) is 2. The molecule has 2 nitrogen and oxygen atoms in total. The summed E-state index contributed by atoms with van der Waals surface area (Å²) in [5.41, 5.74) is 3.67. The molecule has 1 heterocycles. The number of allylic oxidation sites excluding steroid dienone is 2. The molecule has 1 aliphatic heterocycles. The van der Waals surface area contributed by atoms with E-state index in [0.29, 0.717) is 0 Å². The summed E-state index contributed by atoms with van der Waals surface area (Å²) in [6.45, 7) is 3.60. The number of nitrogens with zero attached hydrogens (tertiary/aromatic N) is 1. The summed E-state index contributed by atoms with van der Waals surface area (Å²) in [4.78, 5) is 2.37. The summed E-state index contributed by atoms with van der Waals surface area (Å²) in [5.74, 6) is 0. The lowest BCUT2D eigenvalue weighted by molar-refractivity contribution is 0.122. The van der Waals surface area contributed by atoms with Gasteiger partial charge in [0.25, 0.3) is 0 Å². The highest BCUT2D eigenvalue weighted by atomic mass is 79.9. The molecule has 0 bridgehead atoms. The van der Waals surface area contributed by atoms with Crippen molar-refractivity contribution in [1.29, 1.82) is 0 Å². The van der Waals surface area contributed by atoms with Gasteiger partial charge >= 0.3 is 0 Å². The van der Waals surface area contributed by atoms with Crippen molar-refractivity contribution in [2.24, 2.45) is 0 Å². The molecule has 0 atom stereocenters. The third kappa shape index (κ3) is 4.81. The number of rotatable bonds is 4. The zero-order valence-electron chi connectivity index (χ0n) is 13.0. The first-order valence-electron chi connectivity index (χ1n) is 7.84. The fourth-order valence-electron chi connectivity index (χ4n) is 2.56. The molecular formula is C20H20BrNO. The van der Waals surface area contributed by atoms with E-state index in [9.17, 15) is 0 Å². The van der Waals surface area contributed by atoms with Crippen molar-refractivity contribution < 1.29 is 4.74 Å². The van der Waals surface area contributed by atoms with Crippen LogP contribution in [0.3, 0.4) is 0 Å². The average molecular weight is 370 g/mol. The lowest BCUT2D eigenvalue weighted by atomic mass is 10.1. The number of halogens is 1. The molecule has 0 N–H and O–H groups in total. The van der Waals surface area contributed by atoms with Gasteiger partial charge in [-0.3, -0.25) is 0 Å². The average Bonchev–Trinajstić information content (AvgIpc) is 2.60. The summed E-state index contributed by atoms with van der Waals surface area (Å²) in [5, 5.41) is 0. The van der Waals surface area contributed by atoms with Gasteiger partial charge in [-0.2, -0.15) is 0 Å². The third-order valence-corrected chi connectivity index (χ3v) is 4.30. The SMILES string of the molecule is Brc1cccc(C=CC=Cc2ccc(N3CCOCC3)cc2)c1. The van der Waals surface area contributed by atoms with Crippen molar-refractivity contribution in [3.63, 3.8) is 0 Å². The fraction of sp³-hybridized carbons (Fsp3) is 0.200. The molecule has 3 rings (SSSR count). The van der Waals surface area contributed by atoms with Gasteiger partial charge in [-0.25, -0.2) is 0 Å². The standard InChI is InChI=1S/C20H20BrNO/c21-19-7-3-6-18(16-19)5-2-1-4-17-8-10-20(11-9-17)22-12-14-23-15-13-22/h1-11,16H,12-15H2. The normalized spacial score (nSPS) is 15.6. The molecule has 0 amide bonds. The van der Waals surface area contributed by atoms with E-state index in [4.69, 9.17) is 4.74 Å². The Hall–Kier alpha value is -1.84. The monoisotopic (exact) mass is 369 g/mol. The van der Waals surface area contributed by atoms with Gasteiger partial charge in [0.2, 0.25) is 0 Å². The maximum atomic E-state index is 5.39. The van der Waals surface area contributed by atoms with Crippen molar-refractivity contribution in [3.8, 4) is 0 Å². The lowest BCUT2D eigenvalue weighted by Gasteiger charge is -2.28. The molecule has 118 valence electrons. The zero-order valence-corrected chi connectivity index (χ0v) is 14.6. The van der Waals surface area contributed by atoms with Crippen LogP contribution in [0.25, 0.3) is 12.2 Å². The Kier molecular flexibility index (Phi) is 5.67. The topological polar surface area (TPSA) is 12.5 Å². The molecule has 1 fully saturated rings. The number of morpholine rings is 1. The van der Waals surface area contributed by atoms with Crippen LogP contribution in [0.1, 0.15) is 11.1 Å². The highest BCUT2D eigenvalue weighted by Gasteiger charge is 2.10. The molecule has 0 aliphatic carbocycles. The molecule has 0 radical (unpaired) electrons. The van der Waals surface area contributed by atoms with E-state index in [1.807, 2.05) is 12.1 Å². The predicted octanol–water partition coefficient (Wildman–Crippen LogP) is 5.01. The van der Waals surface area contributed by atoms with Crippen LogP contribution in [0, 0.1) is 0 Å². The number of benzene rings is 2. The van der Waals surface area contributed by atoms with Gasteiger partial charge in [0.05, 0.1) is 13.2 Å². The van der Waals surface area contributed by atoms with Gasteiger partial charge in [0, 0.05) is 23.2 Å². The van der Waals surface area contributed by atoms with Crippen molar-refractivity contribution in [2.45, 2.75) is 0 Å². The van der Waals surface area contributed by atoms with E-state index >= 15 is 0 Å². The molecule has 1 saturated heterocycles. The smallest absolute Gasteiger partial charge is 0.0642 e. The Bertz CT molecular complexity index is 685. The first-order chi connectivity index (χ1) is 11.3. The van der Waals surface area contributed by atoms with Gasteiger partial charge in [-0.1, -0.05) is 64.5 Å². The van der Waals surface area contributed by atoms with Crippen LogP contribution in [0.15, 0.2) is 65.2 Å². The molecule has 1 aliphatic rings. The van der Waals surface area contributed by atoms with E-state index in [-0.39, 0.29) is 0 Å². The Morgan fingerprint density at radius 2 is 1.57 bits per heavy atom. The maximum absolute atomic E-state index is 5.39. The van der Waals surface area contributed by atoms with Crippen LogP contribution in [-0.2, 0) is 4.74 Å². The van der Waals surface area contributed by atoms with Crippen LogP contribution in [0.5, 0.6) is 0 Å². The minimum Gasteiger partial charge on any atom is -0.378 e. The van der Waals surface area contributed by atoms with Crippen LogP contribution >= 0.6 is 15.9 Å². The van der Waals surface area contributed by atoms with Crippen LogP contribution in [-0.4, -0.2) is 26.3 Å². The second-order valence-electron chi connectivity index (χ2n) is 5.46. The summed E-state index contributed by atoms with van der Waals surface area (Å²) in [6, 6.07) is 16.9. The summed E-state index contributed by atoms with van der Waals surface area (Å²) in [6.07, 6.45) is 8.36. The van der Waals surface area contributed by atoms with Crippen molar-refractivity contribution >= 4 is 33.8 Å². The van der Waals surface area contributed by atoms with E-state index < -0.39 is 0 Å². The first-order valence-corrected chi connectivity index (χ1v) is 8.64. The minimum absolute atomic E-state index is 0.821. The molecule has 0 saturated carbocycles. The predicted molar refractivity (Wildman–Crippen MR) is 102 cm³/mol. The van der Waals surface area contributed by atoms with E-state index in [1.165, 1.54) is 16.8 Å². The molecule has 2 aromatic carbocycles. The van der Waals surface area contributed by atoms with Gasteiger partial charge < -0.3 is 9.64 Å². The first kappa shape index (κ1) is 16.0. The molecule has 0 unspecified atom stereocenters. The molecule has 2 aromatic rings. The fourth-order valence-corrected chi connectivity index (χ4v) is 2.98. The summed E-state index contributed by atoms with van der Waals surface area (Å²) in [7, 11) is 0. The zero-order chi connectivity index (χ0) is 15.9. The quantitative estimate of drug-likeness (QED) is 0.702. The van der Waals surface area contributed by atoms with Crippen LogP contribution in [0.2, 0.25) is 0 Å². The molecule has 3 heteroatoms. The number of anilines is 1. The van der Waals surface area contributed by atoms with Crippen molar-refractivity contribution in [1.82, 2.24) is 0 Å². The van der Waals surface area contributed by atoms with Gasteiger partial charge in [0.1, 0.15) is 0 Å². The number of hydrogen-bond donors (Lipinski definition) is 0. The summed E-state index contributed by atoms with van der Waals surface area (Å²) >= 11 is 3.48. The van der Waals surface area contributed by atoms with E-state index in [2.05, 4.69) is 81.5 Å². The Morgan fingerprint density at radius 3 is 2.26 bits per heavy atom. The van der Waals surface area contributed by atoms with Gasteiger partial charge in [0.15, 0.2) is 0 Å². The van der Waals surface area contributed by atoms with Gasteiger partial charge in [-0.05, 0) is 35.4 Å². The van der Waals surface area contributed by atoms with Crippen LogP contribution in [0.4, 0.5) is 5.69 Å². The van der Waals surface area contributed by atoms with E-state index in [0.717, 1.165) is 30.8 Å². The lowest BCUT2D eigenvalue weighted by Crippen LogP contribution is -2.36. The Balaban J connectivity index is 1.59. The second-order valence-corrected chi connectivity index (χ2v) is 6.38. The van der Waals surface area contributed by atoms with Crippen molar-refractivity contribution in [2.75, 3.05) is 31.2 Å². The second kappa shape index (κ2) is 8.14. The van der Waals surface area contributed by atoms with Crippen molar-refractivity contribution in [3.05, 3.63) is 76.3 Å². The maximum Gasteiger partial charge on any atom is 0.0642 e. The molecule has 0 spiro atoms.